The Balaban J connectivity index is 2.65. The fourth-order valence-corrected chi connectivity index (χ4v) is 2.16. The number of ether oxygens (including phenoxy) is 2. The second-order valence-electron chi connectivity index (χ2n) is 3.18. The van der Waals surface area contributed by atoms with E-state index in [1.165, 1.54) is 0 Å². The third kappa shape index (κ3) is 3.76. The molecule has 0 amide bonds. The van der Waals surface area contributed by atoms with Crippen LogP contribution >= 0.6 is 11.8 Å². The van der Waals surface area contributed by atoms with E-state index in [-0.39, 0.29) is 0 Å². The van der Waals surface area contributed by atoms with Crippen LogP contribution in [-0.2, 0) is 10.5 Å². The molecular weight excluding hydrogens is 222 g/mol. The molecule has 0 spiro atoms. The van der Waals surface area contributed by atoms with E-state index in [0.29, 0.717) is 5.56 Å². The van der Waals surface area contributed by atoms with Gasteiger partial charge in [-0.05, 0) is 18.2 Å². The molecule has 0 saturated heterocycles. The van der Waals surface area contributed by atoms with Crippen molar-refractivity contribution in [1.29, 1.82) is 5.26 Å². The lowest BCUT2D eigenvalue weighted by Gasteiger charge is -2.08. The maximum absolute atomic E-state index is 8.82. The molecule has 0 aromatic heterocycles. The van der Waals surface area contributed by atoms with E-state index in [9.17, 15) is 0 Å². The summed E-state index contributed by atoms with van der Waals surface area (Å²) in [6, 6.07) is 7.61. The first-order chi connectivity index (χ1) is 7.81. The summed E-state index contributed by atoms with van der Waals surface area (Å²) in [4.78, 5) is 0. The lowest BCUT2D eigenvalue weighted by atomic mass is 10.1. The molecule has 0 saturated carbocycles. The normalized spacial score (nSPS) is 9.81. The molecule has 1 rings (SSSR count). The Morgan fingerprint density at radius 3 is 2.81 bits per heavy atom. The first-order valence-electron chi connectivity index (χ1n) is 4.95. The third-order valence-electron chi connectivity index (χ3n) is 2.10. The Bertz CT molecular complexity index is 374. The van der Waals surface area contributed by atoms with Crippen LogP contribution in [0.1, 0.15) is 11.1 Å². The second kappa shape index (κ2) is 7.15. The van der Waals surface area contributed by atoms with Crippen LogP contribution in [0.5, 0.6) is 5.75 Å². The minimum Gasteiger partial charge on any atom is -0.496 e. The number of rotatable bonds is 6. The number of nitriles is 1. The zero-order valence-corrected chi connectivity index (χ0v) is 10.3. The van der Waals surface area contributed by atoms with Gasteiger partial charge in [0, 0.05) is 24.2 Å². The predicted molar refractivity (Wildman–Crippen MR) is 65.7 cm³/mol. The van der Waals surface area contributed by atoms with Crippen molar-refractivity contribution in [2.24, 2.45) is 0 Å². The van der Waals surface area contributed by atoms with Gasteiger partial charge in [0.1, 0.15) is 5.75 Å². The molecule has 86 valence electrons. The molecular formula is C12H15NO2S. The Morgan fingerprint density at radius 1 is 1.38 bits per heavy atom. The summed E-state index contributed by atoms with van der Waals surface area (Å²) in [6.45, 7) is 0.741. The zero-order valence-electron chi connectivity index (χ0n) is 9.53. The standard InChI is InChI=1S/C12H15NO2S/c1-14-5-6-16-9-11-7-10(8-13)3-4-12(11)15-2/h3-4,7H,5-6,9H2,1-2H3. The molecule has 1 aromatic rings. The number of hydrogen-bond acceptors (Lipinski definition) is 4. The fourth-order valence-electron chi connectivity index (χ4n) is 1.29. The van der Waals surface area contributed by atoms with Crippen LogP contribution in [-0.4, -0.2) is 26.6 Å². The number of thioether (sulfide) groups is 1. The monoisotopic (exact) mass is 237 g/mol. The van der Waals surface area contributed by atoms with Crippen molar-refractivity contribution >= 4 is 11.8 Å². The maximum Gasteiger partial charge on any atom is 0.122 e. The number of hydrogen-bond donors (Lipinski definition) is 0. The molecule has 0 aliphatic rings. The fraction of sp³-hybridized carbons (Fsp3) is 0.417. The maximum atomic E-state index is 8.82. The van der Waals surface area contributed by atoms with Gasteiger partial charge in [-0.25, -0.2) is 0 Å². The molecule has 4 heteroatoms. The first-order valence-corrected chi connectivity index (χ1v) is 6.11. The summed E-state index contributed by atoms with van der Waals surface area (Å²) < 4.78 is 10.2. The van der Waals surface area contributed by atoms with Gasteiger partial charge in [-0.3, -0.25) is 0 Å². The van der Waals surface area contributed by atoms with Crippen LogP contribution in [0.4, 0.5) is 0 Å². The lowest BCUT2D eigenvalue weighted by molar-refractivity contribution is 0.218. The molecule has 0 bridgehead atoms. The van der Waals surface area contributed by atoms with Crippen molar-refractivity contribution in [3.63, 3.8) is 0 Å². The topological polar surface area (TPSA) is 42.2 Å². The summed E-state index contributed by atoms with van der Waals surface area (Å²) in [7, 11) is 3.34. The highest BCUT2D eigenvalue weighted by Crippen LogP contribution is 2.24. The second-order valence-corrected chi connectivity index (χ2v) is 4.29. The van der Waals surface area contributed by atoms with Crippen molar-refractivity contribution < 1.29 is 9.47 Å². The van der Waals surface area contributed by atoms with Crippen LogP contribution in [0.15, 0.2) is 18.2 Å². The number of nitrogens with zero attached hydrogens (tertiary/aromatic N) is 1. The van der Waals surface area contributed by atoms with Gasteiger partial charge in [0.2, 0.25) is 0 Å². The van der Waals surface area contributed by atoms with Crippen LogP contribution in [0.25, 0.3) is 0 Å². The Hall–Kier alpha value is -1.18. The van der Waals surface area contributed by atoms with E-state index in [2.05, 4.69) is 6.07 Å². The van der Waals surface area contributed by atoms with E-state index in [0.717, 1.165) is 29.4 Å². The van der Waals surface area contributed by atoms with Gasteiger partial charge >= 0.3 is 0 Å². The van der Waals surface area contributed by atoms with Gasteiger partial charge < -0.3 is 9.47 Å². The van der Waals surface area contributed by atoms with E-state index >= 15 is 0 Å². The molecule has 16 heavy (non-hydrogen) atoms. The van der Waals surface area contributed by atoms with Crippen LogP contribution in [0, 0.1) is 11.3 Å². The molecule has 1 aromatic carbocycles. The third-order valence-corrected chi connectivity index (χ3v) is 3.07. The van der Waals surface area contributed by atoms with Crippen molar-refractivity contribution in [3.05, 3.63) is 29.3 Å². The molecule has 0 unspecified atom stereocenters. The minimum atomic E-state index is 0.670. The predicted octanol–water partition coefficient (Wildman–Crippen LogP) is 2.45. The van der Waals surface area contributed by atoms with Gasteiger partial charge in [-0.1, -0.05) is 0 Å². The van der Waals surface area contributed by atoms with Crippen LogP contribution in [0.2, 0.25) is 0 Å². The quantitative estimate of drug-likeness (QED) is 0.713. The number of methoxy groups -OCH3 is 2. The highest BCUT2D eigenvalue weighted by Gasteiger charge is 2.04. The molecule has 0 heterocycles. The smallest absolute Gasteiger partial charge is 0.122 e. The average molecular weight is 237 g/mol. The van der Waals surface area contributed by atoms with Crippen molar-refractivity contribution in [1.82, 2.24) is 0 Å². The summed E-state index contributed by atoms with van der Waals surface area (Å²) >= 11 is 1.77. The molecule has 0 atom stereocenters. The van der Waals surface area contributed by atoms with Gasteiger partial charge in [-0.2, -0.15) is 17.0 Å². The summed E-state index contributed by atoms with van der Waals surface area (Å²) in [6.07, 6.45) is 0. The molecule has 3 nitrogen and oxygen atoms in total. The summed E-state index contributed by atoms with van der Waals surface area (Å²) in [5.41, 5.74) is 1.73. The molecule has 0 aliphatic heterocycles. The minimum absolute atomic E-state index is 0.670. The average Bonchev–Trinajstić information content (AvgIpc) is 2.34. The van der Waals surface area contributed by atoms with Crippen molar-refractivity contribution in [3.8, 4) is 11.8 Å². The summed E-state index contributed by atoms with van der Waals surface area (Å²) in [5, 5.41) is 8.82. The zero-order chi connectivity index (χ0) is 11.8. The van der Waals surface area contributed by atoms with Crippen LogP contribution < -0.4 is 4.74 Å². The van der Waals surface area contributed by atoms with E-state index in [1.807, 2.05) is 12.1 Å². The van der Waals surface area contributed by atoms with Gasteiger partial charge in [-0.15, -0.1) is 0 Å². The Morgan fingerprint density at radius 2 is 2.19 bits per heavy atom. The number of benzene rings is 1. The lowest BCUT2D eigenvalue weighted by Crippen LogP contribution is -1.95. The van der Waals surface area contributed by atoms with Crippen LogP contribution in [0.3, 0.4) is 0 Å². The highest BCUT2D eigenvalue weighted by atomic mass is 32.2. The molecule has 0 fully saturated rings. The Labute approximate surface area is 100 Å². The largest absolute Gasteiger partial charge is 0.496 e. The molecule has 0 aliphatic carbocycles. The highest BCUT2D eigenvalue weighted by molar-refractivity contribution is 7.98. The van der Waals surface area contributed by atoms with E-state index in [4.69, 9.17) is 14.7 Å². The van der Waals surface area contributed by atoms with Gasteiger partial charge in [0.15, 0.2) is 0 Å². The van der Waals surface area contributed by atoms with E-state index in [1.54, 1.807) is 32.0 Å². The SMILES string of the molecule is COCCSCc1cc(C#N)ccc1OC. The van der Waals surface area contributed by atoms with Gasteiger partial charge in [0.25, 0.3) is 0 Å². The summed E-state index contributed by atoms with van der Waals surface area (Å²) in [5.74, 6) is 2.61. The Kier molecular flexibility index (Phi) is 5.76. The first kappa shape index (κ1) is 12.9. The van der Waals surface area contributed by atoms with Crippen molar-refractivity contribution in [2.45, 2.75) is 5.75 Å². The molecule has 0 N–H and O–H groups in total. The molecule has 0 radical (unpaired) electrons. The van der Waals surface area contributed by atoms with E-state index < -0.39 is 0 Å². The van der Waals surface area contributed by atoms with Crippen molar-refractivity contribution in [2.75, 3.05) is 26.6 Å². The van der Waals surface area contributed by atoms with Gasteiger partial charge in [0.05, 0.1) is 25.3 Å².